The highest BCUT2D eigenvalue weighted by Gasteiger charge is 2.14. The maximum Gasteiger partial charge on any atom is 0.106 e. The molecule has 1 aliphatic heterocycles. The molecular weight excluding hydrogens is 278 g/mol. The van der Waals surface area contributed by atoms with Crippen LogP contribution < -0.4 is 5.32 Å². The quantitative estimate of drug-likeness (QED) is 0.865. The lowest BCUT2D eigenvalue weighted by atomic mass is 10.0. The van der Waals surface area contributed by atoms with Gasteiger partial charge in [-0.1, -0.05) is 6.42 Å². The van der Waals surface area contributed by atoms with Crippen molar-refractivity contribution in [3.05, 3.63) is 28.5 Å². The summed E-state index contributed by atoms with van der Waals surface area (Å²) >= 11 is 3.41. The van der Waals surface area contributed by atoms with Crippen LogP contribution in [0.1, 0.15) is 24.8 Å². The molecule has 2 rings (SSSR count). The average Bonchev–Trinajstić information content (AvgIpc) is 2.30. The molecule has 0 spiro atoms. The van der Waals surface area contributed by atoms with Crippen molar-refractivity contribution in [3.63, 3.8) is 0 Å². The highest BCUT2D eigenvalue weighted by molar-refractivity contribution is 9.10. The molecule has 0 amide bonds. The molecule has 0 unspecified atom stereocenters. The molecule has 94 valence electrons. The highest BCUT2D eigenvalue weighted by atomic mass is 79.9. The molecule has 0 saturated carbocycles. The molecule has 1 aliphatic rings. The molecule has 1 atom stereocenters. The van der Waals surface area contributed by atoms with Crippen molar-refractivity contribution in [2.45, 2.75) is 31.8 Å². The van der Waals surface area contributed by atoms with Gasteiger partial charge in [-0.15, -0.1) is 0 Å². The predicted octanol–water partition coefficient (Wildman–Crippen LogP) is 2.42. The van der Waals surface area contributed by atoms with Crippen LogP contribution in [-0.2, 0) is 6.54 Å². The number of piperidine rings is 1. The number of nitrogens with one attached hydrogen (secondary N) is 1. The van der Waals surface area contributed by atoms with Gasteiger partial charge in [-0.3, -0.25) is 0 Å². The van der Waals surface area contributed by atoms with Gasteiger partial charge in [-0.2, -0.15) is 0 Å². The summed E-state index contributed by atoms with van der Waals surface area (Å²) in [5.74, 6) is 0. The van der Waals surface area contributed by atoms with Gasteiger partial charge in [-0.25, -0.2) is 4.98 Å². The van der Waals surface area contributed by atoms with E-state index < -0.39 is 0 Å². The molecular formula is C13H20BrN3. The molecule has 2 heterocycles. The molecule has 0 aromatic carbocycles. The van der Waals surface area contributed by atoms with Crippen LogP contribution in [0.2, 0.25) is 0 Å². The van der Waals surface area contributed by atoms with Crippen LogP contribution in [0.5, 0.6) is 0 Å². The summed E-state index contributed by atoms with van der Waals surface area (Å²) in [6, 6.07) is 4.83. The fraction of sp³-hybridized carbons (Fsp3) is 0.615. The summed E-state index contributed by atoms with van der Waals surface area (Å²) in [5, 5.41) is 3.58. The average molecular weight is 298 g/mol. The molecule has 1 fully saturated rings. The standard InChI is InChI=1S/C13H20BrN3/c1-17(10-12-4-2-3-6-15-12)9-11-5-7-16-13(14)8-11/h5,7-8,12,15H,2-4,6,9-10H2,1H3/t12-/m1/s1. The van der Waals surface area contributed by atoms with Crippen molar-refractivity contribution < 1.29 is 0 Å². The van der Waals surface area contributed by atoms with Crippen molar-refractivity contribution in [1.29, 1.82) is 0 Å². The zero-order chi connectivity index (χ0) is 12.1. The van der Waals surface area contributed by atoms with E-state index in [4.69, 9.17) is 0 Å². The van der Waals surface area contributed by atoms with Crippen LogP contribution in [0, 0.1) is 0 Å². The summed E-state index contributed by atoms with van der Waals surface area (Å²) in [7, 11) is 2.19. The molecule has 3 nitrogen and oxygen atoms in total. The van der Waals surface area contributed by atoms with E-state index in [9.17, 15) is 0 Å². The molecule has 17 heavy (non-hydrogen) atoms. The Hall–Kier alpha value is -0.450. The third-order valence-corrected chi connectivity index (χ3v) is 3.62. The van der Waals surface area contributed by atoms with Gasteiger partial charge in [0.15, 0.2) is 0 Å². The number of likely N-dealkylation sites (N-methyl/N-ethyl adjacent to an activating group) is 1. The normalized spacial score (nSPS) is 20.8. The van der Waals surface area contributed by atoms with E-state index in [2.05, 4.69) is 50.3 Å². The molecule has 4 heteroatoms. The van der Waals surface area contributed by atoms with Crippen molar-refractivity contribution >= 4 is 15.9 Å². The first-order valence-electron chi connectivity index (χ1n) is 6.26. The SMILES string of the molecule is CN(Cc1ccnc(Br)c1)C[C@H]1CCCCN1. The molecule has 1 saturated heterocycles. The zero-order valence-corrected chi connectivity index (χ0v) is 11.9. The van der Waals surface area contributed by atoms with Crippen LogP contribution in [0.25, 0.3) is 0 Å². The number of nitrogens with zero attached hydrogens (tertiary/aromatic N) is 2. The van der Waals surface area contributed by atoms with Crippen LogP contribution >= 0.6 is 15.9 Å². The van der Waals surface area contributed by atoms with Gasteiger partial charge in [0.05, 0.1) is 0 Å². The Balaban J connectivity index is 1.82. The molecule has 0 radical (unpaired) electrons. The minimum Gasteiger partial charge on any atom is -0.313 e. The smallest absolute Gasteiger partial charge is 0.106 e. The molecule has 0 bridgehead atoms. The second-order valence-corrected chi connectivity index (χ2v) is 5.64. The highest BCUT2D eigenvalue weighted by Crippen LogP contribution is 2.12. The van der Waals surface area contributed by atoms with Gasteiger partial charge < -0.3 is 10.2 Å². The van der Waals surface area contributed by atoms with Gasteiger partial charge in [0.25, 0.3) is 0 Å². The van der Waals surface area contributed by atoms with Gasteiger partial charge in [0.2, 0.25) is 0 Å². The number of halogens is 1. The Morgan fingerprint density at radius 3 is 3.12 bits per heavy atom. The monoisotopic (exact) mass is 297 g/mol. The van der Waals surface area contributed by atoms with Crippen LogP contribution in [-0.4, -0.2) is 36.1 Å². The van der Waals surface area contributed by atoms with Crippen LogP contribution in [0.15, 0.2) is 22.9 Å². The summed E-state index contributed by atoms with van der Waals surface area (Å²) < 4.78 is 0.916. The minimum atomic E-state index is 0.666. The summed E-state index contributed by atoms with van der Waals surface area (Å²) in [6.45, 7) is 3.29. The van der Waals surface area contributed by atoms with Crippen LogP contribution in [0.4, 0.5) is 0 Å². The summed E-state index contributed by atoms with van der Waals surface area (Å²) in [5.41, 5.74) is 1.31. The number of pyridine rings is 1. The summed E-state index contributed by atoms with van der Waals surface area (Å²) in [4.78, 5) is 6.53. The third-order valence-electron chi connectivity index (χ3n) is 3.19. The molecule has 1 aromatic heterocycles. The Bertz CT molecular complexity index is 350. The van der Waals surface area contributed by atoms with E-state index in [-0.39, 0.29) is 0 Å². The molecule has 1 aromatic rings. The van der Waals surface area contributed by atoms with Crippen LogP contribution in [0.3, 0.4) is 0 Å². The van der Waals surface area contributed by atoms with E-state index in [0.29, 0.717) is 6.04 Å². The largest absolute Gasteiger partial charge is 0.313 e. The van der Waals surface area contributed by atoms with Gasteiger partial charge >= 0.3 is 0 Å². The number of aromatic nitrogens is 1. The third kappa shape index (κ3) is 4.37. The Kier molecular flexibility index (Phi) is 4.95. The second-order valence-electron chi connectivity index (χ2n) is 4.83. The Labute approximate surface area is 112 Å². The predicted molar refractivity (Wildman–Crippen MR) is 73.9 cm³/mol. The van der Waals surface area contributed by atoms with Crippen molar-refractivity contribution in [1.82, 2.24) is 15.2 Å². The fourth-order valence-corrected chi connectivity index (χ4v) is 2.79. The minimum absolute atomic E-state index is 0.666. The summed E-state index contributed by atoms with van der Waals surface area (Å²) in [6.07, 6.45) is 5.86. The first-order chi connectivity index (χ1) is 8.24. The fourth-order valence-electron chi connectivity index (χ4n) is 2.37. The van der Waals surface area contributed by atoms with Crippen molar-refractivity contribution in [2.24, 2.45) is 0 Å². The second kappa shape index (κ2) is 6.47. The first kappa shape index (κ1) is 13.0. The van der Waals surface area contributed by atoms with E-state index >= 15 is 0 Å². The Morgan fingerprint density at radius 1 is 1.53 bits per heavy atom. The lowest BCUT2D eigenvalue weighted by Crippen LogP contribution is -2.42. The van der Waals surface area contributed by atoms with Crippen molar-refractivity contribution in [2.75, 3.05) is 20.1 Å². The topological polar surface area (TPSA) is 28.2 Å². The maximum atomic E-state index is 4.15. The molecule has 0 aliphatic carbocycles. The van der Waals surface area contributed by atoms with E-state index in [1.165, 1.54) is 31.4 Å². The van der Waals surface area contributed by atoms with E-state index in [1.807, 2.05) is 6.20 Å². The first-order valence-corrected chi connectivity index (χ1v) is 7.06. The zero-order valence-electron chi connectivity index (χ0n) is 10.3. The lowest BCUT2D eigenvalue weighted by Gasteiger charge is -2.28. The lowest BCUT2D eigenvalue weighted by molar-refractivity contribution is 0.256. The van der Waals surface area contributed by atoms with Gasteiger partial charge in [0, 0.05) is 25.3 Å². The number of rotatable bonds is 4. The van der Waals surface area contributed by atoms with Gasteiger partial charge in [0.1, 0.15) is 4.60 Å². The maximum absolute atomic E-state index is 4.15. The van der Waals surface area contributed by atoms with Crippen molar-refractivity contribution in [3.8, 4) is 0 Å². The molecule has 1 N–H and O–H groups in total. The van der Waals surface area contributed by atoms with Gasteiger partial charge in [-0.05, 0) is 60.1 Å². The Morgan fingerprint density at radius 2 is 2.41 bits per heavy atom. The van der Waals surface area contributed by atoms with E-state index in [0.717, 1.165) is 17.7 Å². The number of hydrogen-bond acceptors (Lipinski definition) is 3. The number of hydrogen-bond donors (Lipinski definition) is 1. The van der Waals surface area contributed by atoms with E-state index in [1.54, 1.807) is 0 Å².